The number of hydrogen-bond donors (Lipinski definition) is 1. The molecule has 0 saturated heterocycles. The Morgan fingerprint density at radius 3 is 2.64 bits per heavy atom. The topological polar surface area (TPSA) is 62.1 Å². The average molecular weight is 454 g/mol. The molecule has 1 heterocycles. The lowest BCUT2D eigenvalue weighted by Gasteiger charge is -2.25. The molecule has 1 N–H and O–H groups in total. The zero-order valence-corrected chi connectivity index (χ0v) is 17.8. The predicted molar refractivity (Wildman–Crippen MR) is 114 cm³/mol. The number of amides is 1. The maximum absolute atomic E-state index is 12.3. The van der Waals surface area contributed by atoms with Gasteiger partial charge >= 0.3 is 0 Å². The Labute approximate surface area is 182 Å². The van der Waals surface area contributed by atoms with Crippen molar-refractivity contribution in [2.45, 2.75) is 18.1 Å². The van der Waals surface area contributed by atoms with Gasteiger partial charge in [-0.3, -0.25) is 4.79 Å². The van der Waals surface area contributed by atoms with Gasteiger partial charge in [-0.15, -0.1) is 11.8 Å². The Bertz CT molecular complexity index is 1000. The van der Waals surface area contributed by atoms with Crippen molar-refractivity contribution >= 4 is 52.5 Å². The molecule has 1 atom stereocenters. The number of rotatable bonds is 5. The molecular weight excluding hydrogens is 439 g/mol. The normalized spacial score (nSPS) is 16.5. The summed E-state index contributed by atoms with van der Waals surface area (Å²) >= 11 is 19.7. The Morgan fingerprint density at radius 1 is 1.21 bits per heavy atom. The second-order valence-corrected chi connectivity index (χ2v) is 8.31. The van der Waals surface area contributed by atoms with Gasteiger partial charge < -0.3 is 10.1 Å². The number of methoxy groups -OCH3 is 1. The molecule has 2 aromatic carbocycles. The molecule has 1 aliphatic heterocycles. The lowest BCUT2D eigenvalue weighted by atomic mass is 9.87. The first kappa shape index (κ1) is 20.9. The maximum atomic E-state index is 12.3. The number of carbonyl (C=O) groups excluding carboxylic acids is 1. The van der Waals surface area contributed by atoms with Crippen LogP contribution in [0.15, 0.2) is 47.0 Å². The standard InChI is InChI=1S/C20H15Cl3N2O2S/c1-27-18-5-3-11(6-17(18)23)14-8-19(26)25-20(15(14)9-24)28-10-12-2-4-13(21)7-16(12)22/h2-7,14H,8,10H2,1H3,(H,25,26)/t14-/m1/s1. The summed E-state index contributed by atoms with van der Waals surface area (Å²) in [6, 6.07) is 12.8. The number of benzene rings is 2. The molecule has 28 heavy (non-hydrogen) atoms. The molecule has 0 fully saturated rings. The molecule has 0 aromatic heterocycles. The number of ether oxygens (including phenoxy) is 1. The molecule has 2 aromatic rings. The molecule has 3 rings (SSSR count). The van der Waals surface area contributed by atoms with E-state index in [0.29, 0.717) is 37.2 Å². The van der Waals surface area contributed by atoms with Gasteiger partial charge in [0.1, 0.15) is 5.75 Å². The second kappa shape index (κ2) is 9.11. The lowest BCUT2D eigenvalue weighted by molar-refractivity contribution is -0.120. The quantitative estimate of drug-likeness (QED) is 0.609. The van der Waals surface area contributed by atoms with E-state index >= 15 is 0 Å². The van der Waals surface area contributed by atoms with Crippen LogP contribution in [-0.4, -0.2) is 13.0 Å². The van der Waals surface area contributed by atoms with Gasteiger partial charge in [-0.05, 0) is 35.4 Å². The second-order valence-electron chi connectivity index (χ2n) is 6.08. The summed E-state index contributed by atoms with van der Waals surface area (Å²) < 4.78 is 5.18. The molecule has 0 unspecified atom stereocenters. The molecule has 4 nitrogen and oxygen atoms in total. The fourth-order valence-electron chi connectivity index (χ4n) is 2.91. The van der Waals surface area contributed by atoms with Crippen LogP contribution in [0.1, 0.15) is 23.5 Å². The van der Waals surface area contributed by atoms with E-state index in [1.165, 1.54) is 18.9 Å². The Kier molecular flexibility index (Phi) is 6.79. The highest BCUT2D eigenvalue weighted by Gasteiger charge is 2.30. The van der Waals surface area contributed by atoms with Gasteiger partial charge in [0.25, 0.3) is 0 Å². The van der Waals surface area contributed by atoms with Crippen LogP contribution in [0.25, 0.3) is 0 Å². The third-order valence-corrected chi connectivity index (χ3v) is 6.27. The molecule has 0 spiro atoms. The summed E-state index contributed by atoms with van der Waals surface area (Å²) in [6.07, 6.45) is 0.178. The molecule has 144 valence electrons. The highest BCUT2D eigenvalue weighted by Crippen LogP contribution is 2.39. The van der Waals surface area contributed by atoms with Gasteiger partial charge in [0.2, 0.25) is 5.91 Å². The molecule has 8 heteroatoms. The van der Waals surface area contributed by atoms with Gasteiger partial charge in [0.15, 0.2) is 0 Å². The van der Waals surface area contributed by atoms with Crippen molar-refractivity contribution in [3.05, 3.63) is 73.2 Å². The van der Waals surface area contributed by atoms with E-state index in [-0.39, 0.29) is 18.2 Å². The number of nitrogens with one attached hydrogen (secondary N) is 1. The molecule has 0 saturated carbocycles. The van der Waals surface area contributed by atoms with Crippen molar-refractivity contribution in [3.8, 4) is 11.8 Å². The number of thioether (sulfide) groups is 1. The van der Waals surface area contributed by atoms with Crippen molar-refractivity contribution in [2.75, 3.05) is 7.11 Å². The molecule has 1 amide bonds. The first-order valence-electron chi connectivity index (χ1n) is 8.27. The minimum Gasteiger partial charge on any atom is -0.495 e. The van der Waals surface area contributed by atoms with E-state index in [9.17, 15) is 10.1 Å². The summed E-state index contributed by atoms with van der Waals surface area (Å²) in [6.45, 7) is 0. The molecule has 0 bridgehead atoms. The van der Waals surface area contributed by atoms with E-state index in [4.69, 9.17) is 39.5 Å². The maximum Gasteiger partial charge on any atom is 0.225 e. The number of nitrogens with zero attached hydrogens (tertiary/aromatic N) is 1. The number of nitriles is 1. The van der Waals surface area contributed by atoms with Crippen molar-refractivity contribution in [1.29, 1.82) is 5.26 Å². The Balaban J connectivity index is 1.91. The summed E-state index contributed by atoms with van der Waals surface area (Å²) in [4.78, 5) is 12.3. The highest BCUT2D eigenvalue weighted by atomic mass is 35.5. The first-order valence-corrected chi connectivity index (χ1v) is 10.4. The fraction of sp³-hybridized carbons (Fsp3) is 0.200. The van der Waals surface area contributed by atoms with Crippen molar-refractivity contribution in [1.82, 2.24) is 5.32 Å². The van der Waals surface area contributed by atoms with Crippen LogP contribution in [0.5, 0.6) is 5.75 Å². The number of carbonyl (C=O) groups is 1. The minimum absolute atomic E-state index is 0.152. The fourth-order valence-corrected chi connectivity index (χ4v) is 4.81. The van der Waals surface area contributed by atoms with Crippen LogP contribution in [0.2, 0.25) is 15.1 Å². The van der Waals surface area contributed by atoms with Gasteiger partial charge in [0, 0.05) is 28.1 Å². The minimum atomic E-state index is -0.370. The van der Waals surface area contributed by atoms with E-state index < -0.39 is 0 Å². The summed E-state index contributed by atoms with van der Waals surface area (Å²) in [5.41, 5.74) is 2.15. The summed E-state index contributed by atoms with van der Waals surface area (Å²) in [7, 11) is 1.53. The van der Waals surface area contributed by atoms with Crippen molar-refractivity contribution in [3.63, 3.8) is 0 Å². The summed E-state index contributed by atoms with van der Waals surface area (Å²) in [5, 5.41) is 14.6. The van der Waals surface area contributed by atoms with Crippen LogP contribution >= 0.6 is 46.6 Å². The monoisotopic (exact) mass is 452 g/mol. The van der Waals surface area contributed by atoms with Gasteiger partial charge in [-0.2, -0.15) is 5.26 Å². The SMILES string of the molecule is COc1ccc([C@H]2CC(=O)NC(SCc3ccc(Cl)cc3Cl)=C2C#N)cc1Cl. The van der Waals surface area contributed by atoms with Crippen LogP contribution < -0.4 is 10.1 Å². The third-order valence-electron chi connectivity index (χ3n) is 4.32. The van der Waals surface area contributed by atoms with Gasteiger partial charge in [-0.25, -0.2) is 0 Å². The zero-order chi connectivity index (χ0) is 20.3. The molecular formula is C20H15Cl3N2O2S. The molecule has 1 aliphatic rings. The van der Waals surface area contributed by atoms with Crippen LogP contribution in [0.3, 0.4) is 0 Å². The van der Waals surface area contributed by atoms with Crippen LogP contribution in [-0.2, 0) is 10.5 Å². The smallest absolute Gasteiger partial charge is 0.225 e. The van der Waals surface area contributed by atoms with Crippen molar-refractivity contribution in [2.24, 2.45) is 0 Å². The largest absolute Gasteiger partial charge is 0.495 e. The van der Waals surface area contributed by atoms with Crippen LogP contribution in [0.4, 0.5) is 0 Å². The van der Waals surface area contributed by atoms with E-state index in [2.05, 4.69) is 11.4 Å². The summed E-state index contributed by atoms with van der Waals surface area (Å²) in [5.74, 6) is 0.513. The number of hydrogen-bond acceptors (Lipinski definition) is 4. The van der Waals surface area contributed by atoms with Gasteiger partial charge in [0.05, 0.1) is 28.8 Å². The van der Waals surface area contributed by atoms with Gasteiger partial charge in [-0.1, -0.05) is 46.9 Å². The molecule has 0 radical (unpaired) electrons. The van der Waals surface area contributed by atoms with E-state index in [0.717, 1.165) is 11.1 Å². The average Bonchev–Trinajstić information content (AvgIpc) is 2.66. The first-order chi connectivity index (χ1) is 13.4. The van der Waals surface area contributed by atoms with E-state index in [1.807, 2.05) is 12.1 Å². The predicted octanol–water partition coefficient (Wildman–Crippen LogP) is 5.93. The number of halogens is 3. The van der Waals surface area contributed by atoms with E-state index in [1.54, 1.807) is 24.3 Å². The van der Waals surface area contributed by atoms with Crippen molar-refractivity contribution < 1.29 is 9.53 Å². The lowest BCUT2D eigenvalue weighted by Crippen LogP contribution is -2.30. The highest BCUT2D eigenvalue weighted by molar-refractivity contribution is 8.02. The Morgan fingerprint density at radius 2 is 2.00 bits per heavy atom. The van der Waals surface area contributed by atoms with Crippen LogP contribution in [0, 0.1) is 11.3 Å². The Hall–Kier alpha value is -1.84. The third kappa shape index (κ3) is 4.59. The zero-order valence-electron chi connectivity index (χ0n) is 14.8. The number of allylic oxidation sites excluding steroid dienone is 1. The molecule has 0 aliphatic carbocycles.